The van der Waals surface area contributed by atoms with Gasteiger partial charge in [0.25, 0.3) is 0 Å². The van der Waals surface area contributed by atoms with Crippen molar-refractivity contribution in [1.82, 2.24) is 0 Å². The average molecular weight is 216 g/mol. The summed E-state index contributed by atoms with van der Waals surface area (Å²) in [6.45, 7) is 0. The van der Waals surface area contributed by atoms with Crippen LogP contribution in [0.1, 0.15) is 38.5 Å². The minimum atomic E-state index is 0.0304. The lowest BCUT2D eigenvalue weighted by molar-refractivity contribution is 0.670. The molecule has 4 unspecified atom stereocenters. The molecule has 80 valence electrons. The van der Waals surface area contributed by atoms with E-state index in [4.69, 9.17) is 0 Å². The molecule has 0 N–H and O–H groups in total. The Bertz CT molecular complexity index is 318. The van der Waals surface area contributed by atoms with Gasteiger partial charge < -0.3 is 0 Å². The standard InChI is InChI=1S/C14H20Si/c1-3-11-5-9(1)7-13(11)15-14-8-10-2-4-12(14)6-10/h7-12H,1-6,15H2. The van der Waals surface area contributed by atoms with Gasteiger partial charge in [-0.3, -0.25) is 0 Å². The first kappa shape index (κ1) is 8.80. The summed E-state index contributed by atoms with van der Waals surface area (Å²) >= 11 is 0. The molecule has 0 aromatic rings. The van der Waals surface area contributed by atoms with Gasteiger partial charge in [-0.2, -0.15) is 0 Å². The number of hydrogen-bond acceptors (Lipinski definition) is 0. The van der Waals surface area contributed by atoms with Crippen molar-refractivity contribution in [2.75, 3.05) is 0 Å². The van der Waals surface area contributed by atoms with Crippen LogP contribution in [0.2, 0.25) is 0 Å². The van der Waals surface area contributed by atoms with Gasteiger partial charge in [-0.05, 0) is 62.2 Å². The smallest absolute Gasteiger partial charge is 0.0772 e. The van der Waals surface area contributed by atoms with Crippen LogP contribution >= 0.6 is 0 Å². The van der Waals surface area contributed by atoms with Crippen LogP contribution < -0.4 is 0 Å². The van der Waals surface area contributed by atoms with Crippen molar-refractivity contribution in [3.8, 4) is 0 Å². The summed E-state index contributed by atoms with van der Waals surface area (Å²) in [6, 6.07) is 0. The summed E-state index contributed by atoms with van der Waals surface area (Å²) in [5.41, 5.74) is 0. The van der Waals surface area contributed by atoms with Gasteiger partial charge in [-0.25, -0.2) is 0 Å². The zero-order valence-electron chi connectivity index (χ0n) is 9.41. The zero-order valence-corrected chi connectivity index (χ0v) is 10.8. The topological polar surface area (TPSA) is 0 Å². The van der Waals surface area contributed by atoms with Crippen molar-refractivity contribution in [3.05, 3.63) is 22.5 Å². The molecule has 0 saturated heterocycles. The van der Waals surface area contributed by atoms with Crippen LogP contribution in [0.4, 0.5) is 0 Å². The van der Waals surface area contributed by atoms with Gasteiger partial charge in [-0.1, -0.05) is 22.5 Å². The first-order chi connectivity index (χ1) is 7.38. The van der Waals surface area contributed by atoms with E-state index in [0.717, 1.165) is 23.7 Å². The van der Waals surface area contributed by atoms with Crippen molar-refractivity contribution in [2.24, 2.45) is 23.7 Å². The molecular formula is C14H20Si. The van der Waals surface area contributed by atoms with E-state index in [0.29, 0.717) is 0 Å². The van der Waals surface area contributed by atoms with Gasteiger partial charge in [0.1, 0.15) is 0 Å². The van der Waals surface area contributed by atoms with Crippen molar-refractivity contribution >= 4 is 9.52 Å². The highest BCUT2D eigenvalue weighted by molar-refractivity contribution is 6.54. The van der Waals surface area contributed by atoms with Crippen molar-refractivity contribution in [3.63, 3.8) is 0 Å². The molecule has 0 amide bonds. The third-order valence-electron chi connectivity index (χ3n) is 5.30. The van der Waals surface area contributed by atoms with E-state index in [1.807, 2.05) is 10.4 Å². The van der Waals surface area contributed by atoms with Crippen LogP contribution in [0.5, 0.6) is 0 Å². The summed E-state index contributed by atoms with van der Waals surface area (Å²) in [6.07, 6.45) is 14.5. The Morgan fingerprint density at radius 2 is 1.33 bits per heavy atom. The van der Waals surface area contributed by atoms with Gasteiger partial charge in [0.2, 0.25) is 0 Å². The van der Waals surface area contributed by atoms with Crippen LogP contribution in [-0.4, -0.2) is 9.52 Å². The molecule has 0 nitrogen and oxygen atoms in total. The van der Waals surface area contributed by atoms with E-state index in [2.05, 4.69) is 12.2 Å². The zero-order chi connectivity index (χ0) is 9.83. The molecule has 4 aliphatic rings. The van der Waals surface area contributed by atoms with Crippen LogP contribution in [0.25, 0.3) is 0 Å². The summed E-state index contributed by atoms with van der Waals surface area (Å²) < 4.78 is 0. The molecule has 0 spiro atoms. The van der Waals surface area contributed by atoms with Crippen LogP contribution in [0, 0.1) is 23.7 Å². The number of rotatable bonds is 2. The molecule has 2 fully saturated rings. The summed E-state index contributed by atoms with van der Waals surface area (Å²) in [7, 11) is 0.0304. The largest absolute Gasteiger partial charge is 0.0860 e. The third-order valence-corrected chi connectivity index (χ3v) is 7.75. The molecule has 15 heavy (non-hydrogen) atoms. The lowest BCUT2D eigenvalue weighted by atomic mass is 10.1. The highest BCUT2D eigenvalue weighted by atomic mass is 28.2. The molecule has 0 aromatic heterocycles. The fraction of sp³-hybridized carbons (Fsp3) is 0.714. The van der Waals surface area contributed by atoms with Crippen molar-refractivity contribution < 1.29 is 0 Å². The fourth-order valence-corrected chi connectivity index (χ4v) is 7.22. The summed E-state index contributed by atoms with van der Waals surface area (Å²) in [5.74, 6) is 4.14. The van der Waals surface area contributed by atoms with Crippen LogP contribution in [0.15, 0.2) is 22.5 Å². The minimum Gasteiger partial charge on any atom is -0.0860 e. The predicted molar refractivity (Wildman–Crippen MR) is 66.4 cm³/mol. The monoisotopic (exact) mass is 216 g/mol. The van der Waals surface area contributed by atoms with Gasteiger partial charge in [0.05, 0.1) is 9.52 Å². The first-order valence-corrected chi connectivity index (χ1v) is 8.21. The van der Waals surface area contributed by atoms with E-state index in [9.17, 15) is 0 Å². The lowest BCUT2D eigenvalue weighted by Crippen LogP contribution is -2.12. The van der Waals surface area contributed by atoms with Gasteiger partial charge in [-0.15, -0.1) is 0 Å². The second-order valence-corrected chi connectivity index (χ2v) is 8.19. The van der Waals surface area contributed by atoms with Gasteiger partial charge >= 0.3 is 0 Å². The highest BCUT2D eigenvalue weighted by Crippen LogP contribution is 2.47. The maximum Gasteiger partial charge on any atom is 0.0772 e. The molecule has 4 atom stereocenters. The Labute approximate surface area is 94.7 Å². The summed E-state index contributed by atoms with van der Waals surface area (Å²) in [4.78, 5) is 0. The highest BCUT2D eigenvalue weighted by Gasteiger charge is 2.37. The minimum absolute atomic E-state index is 0.0304. The number of hydrogen-bond donors (Lipinski definition) is 0. The van der Waals surface area contributed by atoms with Crippen LogP contribution in [0.3, 0.4) is 0 Å². The summed E-state index contributed by atoms with van der Waals surface area (Å²) in [5, 5.41) is 3.93. The molecule has 1 heteroatoms. The SMILES string of the molecule is C1=C([SiH2]C2=CC3CCC2C3)C2CCC1C2. The average Bonchev–Trinajstić information content (AvgIpc) is 2.96. The Balaban J connectivity index is 1.53. The fourth-order valence-electron chi connectivity index (χ4n) is 4.53. The van der Waals surface area contributed by atoms with Crippen LogP contribution in [-0.2, 0) is 0 Å². The Hall–Kier alpha value is -0.303. The molecule has 0 radical (unpaired) electrons. The molecular weight excluding hydrogens is 196 g/mol. The molecule has 0 heterocycles. The number of fused-ring (bicyclic) bond motifs is 4. The lowest BCUT2D eigenvalue weighted by Gasteiger charge is -2.18. The second kappa shape index (κ2) is 3.10. The first-order valence-electron chi connectivity index (χ1n) is 6.79. The molecule has 4 aliphatic carbocycles. The van der Waals surface area contributed by atoms with Gasteiger partial charge in [0.15, 0.2) is 0 Å². The number of allylic oxidation sites excluding steroid dienone is 4. The van der Waals surface area contributed by atoms with E-state index < -0.39 is 0 Å². The maximum absolute atomic E-state index is 2.69. The predicted octanol–water partition coefficient (Wildman–Crippen LogP) is 2.78. The van der Waals surface area contributed by atoms with E-state index in [1.165, 1.54) is 38.5 Å². The molecule has 0 aromatic carbocycles. The van der Waals surface area contributed by atoms with E-state index in [-0.39, 0.29) is 9.52 Å². The Morgan fingerprint density at radius 1 is 0.800 bits per heavy atom. The Morgan fingerprint density at radius 3 is 1.67 bits per heavy atom. The van der Waals surface area contributed by atoms with Crippen molar-refractivity contribution in [2.45, 2.75) is 38.5 Å². The molecule has 2 saturated carbocycles. The molecule has 4 bridgehead atoms. The Kier molecular flexibility index (Phi) is 1.82. The quantitative estimate of drug-likeness (QED) is 0.623. The molecule has 4 rings (SSSR count). The second-order valence-electron chi connectivity index (χ2n) is 6.20. The third kappa shape index (κ3) is 1.32. The molecule has 0 aliphatic heterocycles. The van der Waals surface area contributed by atoms with Crippen molar-refractivity contribution in [1.29, 1.82) is 0 Å². The van der Waals surface area contributed by atoms with E-state index >= 15 is 0 Å². The normalized spacial score (nSPS) is 46.9. The van der Waals surface area contributed by atoms with Gasteiger partial charge in [0, 0.05) is 0 Å². The maximum atomic E-state index is 2.69. The van der Waals surface area contributed by atoms with E-state index in [1.54, 1.807) is 0 Å².